The summed E-state index contributed by atoms with van der Waals surface area (Å²) in [6.45, 7) is 0. The Morgan fingerprint density at radius 3 is 1.19 bits per heavy atom. The minimum atomic E-state index is -7.45. The molecule has 0 aliphatic heterocycles. The van der Waals surface area contributed by atoms with E-state index in [0.29, 0.717) is 0 Å². The zero-order valence-corrected chi connectivity index (χ0v) is 17.2. The number of carboxylic acids is 1. The molecule has 22 heteroatoms. The zero-order valence-electron chi connectivity index (χ0n) is 14.1. The number of carboxylic acid groups (broad SMARTS) is 1. The number of carbonyl (C=O) groups is 1. The van der Waals surface area contributed by atoms with Crippen LogP contribution in [0.3, 0.4) is 0 Å². The Morgan fingerprint density at radius 1 is 0.625 bits per heavy atom. The molecule has 32 heavy (non-hydrogen) atoms. The summed E-state index contributed by atoms with van der Waals surface area (Å²) in [5, 5.41) is 9.71. The molecule has 1 unspecified atom stereocenters. The molecule has 0 aliphatic carbocycles. The maximum Gasteiger partial charge on any atom is 1.00 e. The second-order valence-corrected chi connectivity index (χ2v) is 4.25. The first-order valence-corrected chi connectivity index (χ1v) is 5.94. The quantitative estimate of drug-likeness (QED) is 0.278. The van der Waals surface area contributed by atoms with Gasteiger partial charge in [0, 0.05) is 0 Å². The van der Waals surface area contributed by atoms with Gasteiger partial charge in [0.15, 0.2) is 0 Å². The number of hydrogen-bond acceptors (Lipinski definition) is 4. The van der Waals surface area contributed by atoms with Gasteiger partial charge in [-0.3, -0.25) is 4.74 Å². The fourth-order valence-electron chi connectivity index (χ4n) is 0.859. The first-order chi connectivity index (χ1) is 13.4. The number of hydrogen-bond donors (Lipinski definition) is 0. The van der Waals surface area contributed by atoms with Crippen LogP contribution in [0, 0.1) is 0 Å². The van der Waals surface area contributed by atoms with Crippen molar-refractivity contribution >= 4 is 5.97 Å². The smallest absolute Gasteiger partial charge is 0.544 e. The fraction of sp³-hybridized carbons (Fsp3) is 0.500. The van der Waals surface area contributed by atoms with Crippen molar-refractivity contribution < 1.29 is 145 Å². The van der Waals surface area contributed by atoms with Crippen molar-refractivity contribution in [2.24, 2.45) is 0 Å². The minimum absolute atomic E-state index is 0. The number of ether oxygens (including phenoxy) is 2. The van der Waals surface area contributed by atoms with Crippen LogP contribution in [0.15, 0.2) is 24.3 Å². The Morgan fingerprint density at radius 2 is 0.969 bits per heavy atom. The van der Waals surface area contributed by atoms with E-state index in [1.807, 2.05) is 4.74 Å². The van der Waals surface area contributed by atoms with Crippen LogP contribution >= 0.6 is 0 Å². The normalized spacial score (nSPS) is 14.2. The SMILES string of the molecule is FC(F)=C(F)F.O=C([O-])C(F)(F)C(F)(F)OC(F)(C(F)(F)F)C(F)(F)OC(F)=C(F)F.[K+]. The molecule has 0 aromatic heterocycles. The van der Waals surface area contributed by atoms with Crippen LogP contribution in [0.5, 0.6) is 0 Å². The number of rotatable bonds is 7. The van der Waals surface area contributed by atoms with Gasteiger partial charge in [-0.25, -0.2) is 0 Å². The third-order valence-corrected chi connectivity index (χ3v) is 2.14. The van der Waals surface area contributed by atoms with Crippen LogP contribution < -0.4 is 56.5 Å². The Balaban J connectivity index is -0.00000105. The summed E-state index contributed by atoms with van der Waals surface area (Å²) in [6, 6.07) is -3.91. The molecule has 0 radical (unpaired) electrons. The summed E-state index contributed by atoms with van der Waals surface area (Å²) in [6.07, 6.45) is -31.5. The number of carbonyl (C=O) groups excluding carboxylic acids is 1. The molecule has 0 fully saturated rings. The molecule has 4 nitrogen and oxygen atoms in total. The minimum Gasteiger partial charge on any atom is -0.544 e. The van der Waals surface area contributed by atoms with E-state index < -0.39 is 60.4 Å². The molecule has 0 saturated carbocycles. The first-order valence-electron chi connectivity index (χ1n) is 5.94. The van der Waals surface area contributed by atoms with Crippen LogP contribution in [0.1, 0.15) is 0 Å². The van der Waals surface area contributed by atoms with Crippen LogP contribution in [0.25, 0.3) is 0 Å². The number of aliphatic carboxylic acids is 1. The summed E-state index contributed by atoms with van der Waals surface area (Å²) in [5.41, 5.74) is 0. The van der Waals surface area contributed by atoms with Crippen molar-refractivity contribution in [1.82, 2.24) is 0 Å². The molecular weight excluding hydrogens is 546 g/mol. The van der Waals surface area contributed by atoms with Crippen molar-refractivity contribution in [1.29, 1.82) is 0 Å². The zero-order chi connectivity index (χ0) is 25.8. The number of halogens is 17. The second kappa shape index (κ2) is 12.0. The van der Waals surface area contributed by atoms with Gasteiger partial charge >= 0.3 is 106 Å². The summed E-state index contributed by atoms with van der Waals surface area (Å²) >= 11 is 0. The molecular formula is C10F17KO4. The van der Waals surface area contributed by atoms with Gasteiger partial charge in [0.05, 0.1) is 0 Å². The van der Waals surface area contributed by atoms with E-state index in [4.69, 9.17) is 0 Å². The third kappa shape index (κ3) is 8.83. The summed E-state index contributed by atoms with van der Waals surface area (Å²) in [5.74, 6) is -18.4. The van der Waals surface area contributed by atoms with Gasteiger partial charge in [-0.05, 0) is 0 Å². The largest absolute Gasteiger partial charge is 1.00 e. The predicted molar refractivity (Wildman–Crippen MR) is 53.7 cm³/mol. The Labute approximate surface area is 205 Å². The van der Waals surface area contributed by atoms with E-state index in [0.717, 1.165) is 0 Å². The van der Waals surface area contributed by atoms with E-state index in [2.05, 4.69) is 0 Å². The van der Waals surface area contributed by atoms with E-state index >= 15 is 0 Å². The van der Waals surface area contributed by atoms with Crippen LogP contribution in [0.2, 0.25) is 0 Å². The Hall–Kier alpha value is -0.844. The van der Waals surface area contributed by atoms with Gasteiger partial charge in [0.25, 0.3) is 0 Å². The van der Waals surface area contributed by atoms with Crippen molar-refractivity contribution in [2.45, 2.75) is 30.2 Å². The molecule has 0 aromatic rings. The van der Waals surface area contributed by atoms with E-state index in [1.54, 1.807) is 4.74 Å². The summed E-state index contributed by atoms with van der Waals surface area (Å²) in [7, 11) is 0. The van der Waals surface area contributed by atoms with Crippen molar-refractivity contribution in [3.8, 4) is 0 Å². The molecule has 184 valence electrons. The average Bonchev–Trinajstić information content (AvgIpc) is 2.52. The van der Waals surface area contributed by atoms with Crippen LogP contribution in [0.4, 0.5) is 74.6 Å². The molecule has 0 heterocycles. The van der Waals surface area contributed by atoms with E-state index in [9.17, 15) is 84.5 Å². The van der Waals surface area contributed by atoms with Gasteiger partial charge in [0.2, 0.25) is 0 Å². The van der Waals surface area contributed by atoms with Gasteiger partial charge in [-0.1, -0.05) is 0 Å². The molecule has 0 amide bonds. The number of alkyl halides is 10. The molecule has 1 atom stereocenters. The molecule has 0 rings (SSSR count). The molecule has 0 N–H and O–H groups in total. The maximum atomic E-state index is 13.3. The predicted octanol–water partition coefficient (Wildman–Crippen LogP) is 1.85. The van der Waals surface area contributed by atoms with Crippen molar-refractivity contribution in [2.75, 3.05) is 0 Å². The van der Waals surface area contributed by atoms with Crippen LogP contribution in [-0.2, 0) is 14.3 Å². The molecule has 0 bridgehead atoms. The monoisotopic (exact) mass is 546 g/mol. The van der Waals surface area contributed by atoms with Crippen molar-refractivity contribution in [3.05, 3.63) is 24.3 Å². The molecule has 0 aromatic carbocycles. The van der Waals surface area contributed by atoms with Gasteiger partial charge in [0.1, 0.15) is 5.97 Å². The fourth-order valence-corrected chi connectivity index (χ4v) is 0.859. The first kappa shape index (κ1) is 35.7. The average molecular weight is 546 g/mol. The second-order valence-electron chi connectivity index (χ2n) is 4.25. The molecule has 0 spiro atoms. The third-order valence-electron chi connectivity index (χ3n) is 2.14. The Bertz CT molecular complexity index is 695. The van der Waals surface area contributed by atoms with E-state index in [1.165, 1.54) is 0 Å². The van der Waals surface area contributed by atoms with Gasteiger partial charge < -0.3 is 14.6 Å². The molecule has 0 aliphatic rings. The van der Waals surface area contributed by atoms with Crippen LogP contribution in [-0.4, -0.2) is 36.1 Å². The van der Waals surface area contributed by atoms with Crippen molar-refractivity contribution in [3.63, 3.8) is 0 Å². The maximum absolute atomic E-state index is 13.3. The molecule has 0 saturated heterocycles. The standard InChI is InChI=1S/C8HF13O4.C2F4.K/c9-1(10)2(11)24-8(20,21)5(14,6(15,16)17)25-7(18,19)4(12,13)3(22)23;3-1(4)2(5)6;/h(H,22,23);;/q;;+1/p-1. The van der Waals surface area contributed by atoms with E-state index in [-0.39, 0.29) is 51.4 Å². The Kier molecular flexibility index (Phi) is 13.4. The van der Waals surface area contributed by atoms with Gasteiger partial charge in [-0.15, -0.1) is 0 Å². The van der Waals surface area contributed by atoms with Gasteiger partial charge in [-0.2, -0.15) is 74.6 Å². The summed E-state index contributed by atoms with van der Waals surface area (Å²) < 4.78 is 206. The topological polar surface area (TPSA) is 58.6 Å². The summed E-state index contributed by atoms with van der Waals surface area (Å²) in [4.78, 5) is 9.71.